The summed E-state index contributed by atoms with van der Waals surface area (Å²) in [7, 11) is 0. The molecule has 0 bridgehead atoms. The molecule has 0 spiro atoms. The molecule has 0 saturated heterocycles. The maximum absolute atomic E-state index is 5.06. The first-order chi connectivity index (χ1) is 21.3. The second-order valence-electron chi connectivity index (χ2n) is 10.9. The van der Waals surface area contributed by atoms with Gasteiger partial charge in [-0.25, -0.2) is 0 Å². The van der Waals surface area contributed by atoms with Crippen molar-refractivity contribution < 1.29 is 0 Å². The van der Waals surface area contributed by atoms with E-state index in [1.54, 1.807) is 0 Å². The molecule has 0 aliphatic carbocycles. The van der Waals surface area contributed by atoms with E-state index in [1.807, 2.05) is 18.2 Å². The van der Waals surface area contributed by atoms with Gasteiger partial charge in [0.1, 0.15) is 0 Å². The topological polar surface area (TPSA) is 38.7 Å². The summed E-state index contributed by atoms with van der Waals surface area (Å²) in [5.41, 5.74) is 2.95. The van der Waals surface area contributed by atoms with Gasteiger partial charge in [0.2, 0.25) is 0 Å². The van der Waals surface area contributed by atoms with Crippen molar-refractivity contribution in [1.82, 2.24) is 15.0 Å². The van der Waals surface area contributed by atoms with Crippen molar-refractivity contribution in [3.05, 3.63) is 140 Å². The van der Waals surface area contributed by atoms with Gasteiger partial charge in [0.25, 0.3) is 0 Å². The Hall–Kier alpha value is -5.15. The van der Waals surface area contributed by atoms with Crippen LogP contribution in [0, 0.1) is 0 Å². The molecule has 9 rings (SSSR count). The van der Waals surface area contributed by atoms with Crippen LogP contribution in [0.2, 0.25) is 0 Å². The van der Waals surface area contributed by atoms with Crippen LogP contribution in [0.3, 0.4) is 0 Å². The molecule has 3 nitrogen and oxygen atoms in total. The van der Waals surface area contributed by atoms with Gasteiger partial charge in [-0.3, -0.25) is 0 Å². The van der Waals surface area contributed by atoms with Crippen LogP contribution in [0.25, 0.3) is 85.8 Å². The first-order valence-electron chi connectivity index (χ1n) is 14.4. The van der Waals surface area contributed by atoms with Gasteiger partial charge in [-0.1, -0.05) is 6.07 Å². The van der Waals surface area contributed by atoms with E-state index in [-0.39, 0.29) is 14.5 Å². The predicted octanol–water partition coefficient (Wildman–Crippen LogP) is 9.70. The van der Waals surface area contributed by atoms with Crippen molar-refractivity contribution in [1.29, 1.82) is 0 Å². The maximum atomic E-state index is 5.06. The Labute approximate surface area is 253 Å². The molecule has 0 amide bonds. The Morgan fingerprint density at radius 2 is 0.977 bits per heavy atom. The molecule has 2 heterocycles. The molecule has 0 unspecified atom stereocenters. The van der Waals surface area contributed by atoms with E-state index in [1.165, 1.54) is 51.6 Å². The van der Waals surface area contributed by atoms with E-state index in [0.29, 0.717) is 17.5 Å². The standard InChI is InChI=1S/C39H23N3Se/c1-2-10-27(11-3-1)37-40-38(29-17-14-24-8-4-5-12-28(24)22-29)42-39(41-37)30-19-21-34-33(23-30)32-20-18-26-16-15-25-9-6-7-13-31(25)35(26)36(32)43-34/h1-23H. The zero-order valence-corrected chi connectivity index (χ0v) is 24.7. The van der Waals surface area contributed by atoms with Crippen LogP contribution in [0.15, 0.2) is 140 Å². The van der Waals surface area contributed by atoms with Gasteiger partial charge in [0.05, 0.1) is 0 Å². The van der Waals surface area contributed by atoms with Crippen molar-refractivity contribution in [2.45, 2.75) is 0 Å². The summed E-state index contributed by atoms with van der Waals surface area (Å²) in [4.78, 5) is 15.0. The van der Waals surface area contributed by atoms with Crippen LogP contribution < -0.4 is 0 Å². The summed E-state index contributed by atoms with van der Waals surface area (Å²) in [6.45, 7) is 0. The molecular formula is C39H23N3Se. The van der Waals surface area contributed by atoms with Crippen LogP contribution in [0.5, 0.6) is 0 Å². The van der Waals surface area contributed by atoms with Gasteiger partial charge in [-0.2, -0.15) is 0 Å². The zero-order chi connectivity index (χ0) is 28.3. The van der Waals surface area contributed by atoms with Crippen molar-refractivity contribution in [2.75, 3.05) is 0 Å². The van der Waals surface area contributed by atoms with Crippen LogP contribution in [-0.4, -0.2) is 29.5 Å². The zero-order valence-electron chi connectivity index (χ0n) is 23.0. The normalized spacial score (nSPS) is 11.7. The third-order valence-electron chi connectivity index (χ3n) is 8.28. The Morgan fingerprint density at radius 3 is 1.81 bits per heavy atom. The third kappa shape index (κ3) is 4.07. The molecule has 200 valence electrons. The van der Waals surface area contributed by atoms with Gasteiger partial charge in [0.15, 0.2) is 0 Å². The van der Waals surface area contributed by atoms with E-state index in [9.17, 15) is 0 Å². The summed E-state index contributed by atoms with van der Waals surface area (Å²) in [5.74, 6) is 2.04. The molecule has 9 aromatic rings. The number of hydrogen-bond acceptors (Lipinski definition) is 3. The van der Waals surface area contributed by atoms with Crippen molar-refractivity contribution in [2.24, 2.45) is 0 Å². The third-order valence-corrected chi connectivity index (χ3v) is 10.8. The number of fused-ring (bicyclic) bond motifs is 8. The minimum absolute atomic E-state index is 0.220. The predicted molar refractivity (Wildman–Crippen MR) is 181 cm³/mol. The van der Waals surface area contributed by atoms with Crippen molar-refractivity contribution in [3.8, 4) is 34.2 Å². The summed E-state index contributed by atoms with van der Waals surface area (Å²) in [6, 6.07) is 49.5. The van der Waals surface area contributed by atoms with Gasteiger partial charge in [-0.15, -0.1) is 0 Å². The van der Waals surface area contributed by atoms with Crippen molar-refractivity contribution in [3.63, 3.8) is 0 Å². The molecule has 0 atom stereocenters. The Balaban J connectivity index is 1.26. The number of aromatic nitrogens is 3. The first kappa shape index (κ1) is 24.4. The molecule has 0 radical (unpaired) electrons. The molecule has 0 aliphatic rings. The summed E-state index contributed by atoms with van der Waals surface area (Å²) < 4.78 is 2.87. The Morgan fingerprint density at radius 1 is 0.372 bits per heavy atom. The average molecular weight is 613 g/mol. The van der Waals surface area contributed by atoms with E-state index < -0.39 is 0 Å². The van der Waals surface area contributed by atoms with Gasteiger partial charge >= 0.3 is 249 Å². The molecular weight excluding hydrogens is 589 g/mol. The van der Waals surface area contributed by atoms with Gasteiger partial charge in [-0.05, 0) is 0 Å². The monoisotopic (exact) mass is 613 g/mol. The molecule has 0 aliphatic heterocycles. The van der Waals surface area contributed by atoms with Crippen molar-refractivity contribution >= 4 is 66.1 Å². The summed E-state index contributed by atoms with van der Waals surface area (Å²) in [5, 5.41) is 10.3. The van der Waals surface area contributed by atoms with Crippen LogP contribution in [0.4, 0.5) is 0 Å². The quantitative estimate of drug-likeness (QED) is 0.147. The van der Waals surface area contributed by atoms with Gasteiger partial charge < -0.3 is 0 Å². The fraction of sp³-hybridized carbons (Fsp3) is 0. The molecule has 0 fully saturated rings. The van der Waals surface area contributed by atoms with E-state index in [4.69, 9.17) is 15.0 Å². The second-order valence-corrected chi connectivity index (χ2v) is 13.1. The summed E-state index contributed by atoms with van der Waals surface area (Å²) >= 11 is 0.220. The van der Waals surface area contributed by atoms with E-state index >= 15 is 0 Å². The van der Waals surface area contributed by atoms with Crippen LogP contribution >= 0.6 is 0 Å². The number of rotatable bonds is 3. The van der Waals surface area contributed by atoms with E-state index in [0.717, 1.165) is 16.7 Å². The fourth-order valence-corrected chi connectivity index (χ4v) is 8.77. The molecule has 2 aromatic heterocycles. The number of hydrogen-bond donors (Lipinski definition) is 0. The number of benzene rings is 7. The Kier molecular flexibility index (Phi) is 5.52. The SMILES string of the molecule is c1ccc(-c2nc(-c3ccc4ccccc4c3)nc(-c3ccc4[se]c5c(ccc6ccc7ccccc7c65)c4c3)n2)cc1. The minimum atomic E-state index is 0.220. The Bertz CT molecular complexity index is 2510. The molecule has 43 heavy (non-hydrogen) atoms. The van der Waals surface area contributed by atoms with Crippen LogP contribution in [-0.2, 0) is 0 Å². The second kappa shape index (κ2) is 9.71. The average Bonchev–Trinajstić information content (AvgIpc) is 3.46. The van der Waals surface area contributed by atoms with Gasteiger partial charge in [0, 0.05) is 0 Å². The molecule has 0 saturated carbocycles. The van der Waals surface area contributed by atoms with Crippen LogP contribution in [0.1, 0.15) is 0 Å². The molecule has 0 N–H and O–H groups in total. The van der Waals surface area contributed by atoms with E-state index in [2.05, 4.69) is 121 Å². The molecule has 4 heteroatoms. The summed E-state index contributed by atoms with van der Waals surface area (Å²) in [6.07, 6.45) is 0. The first-order valence-corrected chi connectivity index (χ1v) is 16.1. The fourth-order valence-electron chi connectivity index (χ4n) is 6.14. The number of nitrogens with zero attached hydrogens (tertiary/aromatic N) is 3. The molecule has 7 aromatic carbocycles.